The SMILES string of the molecule is C#CC[N+](C)(C)[O-]. The van der Waals surface area contributed by atoms with Crippen molar-refractivity contribution >= 4 is 0 Å². The van der Waals surface area contributed by atoms with E-state index in [9.17, 15) is 5.21 Å². The molecule has 0 unspecified atom stereocenters. The number of hydrogen-bond donors (Lipinski definition) is 0. The summed E-state index contributed by atoms with van der Waals surface area (Å²) in [6.45, 7) is 0.250. The highest BCUT2D eigenvalue weighted by atomic mass is 16.5. The molecule has 0 fully saturated rings. The number of terminal acetylenes is 1. The fourth-order valence-corrected chi connectivity index (χ4v) is 0.220. The summed E-state index contributed by atoms with van der Waals surface area (Å²) in [6, 6.07) is 0. The molecule has 0 aromatic heterocycles. The van der Waals surface area contributed by atoms with Gasteiger partial charge in [-0.3, -0.25) is 0 Å². The highest BCUT2D eigenvalue weighted by Gasteiger charge is 1.93. The van der Waals surface area contributed by atoms with Crippen LogP contribution in [0.1, 0.15) is 0 Å². The summed E-state index contributed by atoms with van der Waals surface area (Å²) in [7, 11) is 3.03. The Morgan fingerprint density at radius 1 is 1.71 bits per heavy atom. The molecule has 0 bridgehead atoms. The van der Waals surface area contributed by atoms with Crippen molar-refractivity contribution < 1.29 is 4.65 Å². The Labute approximate surface area is 43.9 Å². The Bertz CT molecular complexity index is 85.2. The summed E-state index contributed by atoms with van der Waals surface area (Å²) < 4.78 is -0.392. The summed E-state index contributed by atoms with van der Waals surface area (Å²) in [6.07, 6.45) is 4.85. The third kappa shape index (κ3) is 5.48. The predicted molar refractivity (Wildman–Crippen MR) is 29.2 cm³/mol. The highest BCUT2D eigenvalue weighted by Crippen LogP contribution is 1.86. The average Bonchev–Trinajstić information content (AvgIpc) is 1.30. The molecule has 0 amide bonds. The van der Waals surface area contributed by atoms with Crippen LogP contribution in [0.25, 0.3) is 0 Å². The number of quaternary nitrogens is 1. The lowest BCUT2D eigenvalue weighted by atomic mass is 10.6. The van der Waals surface area contributed by atoms with Gasteiger partial charge in [-0.25, -0.2) is 0 Å². The van der Waals surface area contributed by atoms with E-state index in [4.69, 9.17) is 6.42 Å². The lowest BCUT2D eigenvalue weighted by Crippen LogP contribution is -2.32. The molecule has 0 aliphatic rings. The average molecular weight is 99.1 g/mol. The molecule has 0 aliphatic heterocycles. The van der Waals surface area contributed by atoms with Gasteiger partial charge < -0.3 is 9.85 Å². The molecular weight excluding hydrogens is 90.1 g/mol. The number of rotatable bonds is 1. The third-order valence-electron chi connectivity index (χ3n) is 0.472. The Balaban J connectivity index is 3.40. The molecular formula is C5H9NO. The van der Waals surface area contributed by atoms with Gasteiger partial charge in [-0.2, -0.15) is 0 Å². The summed E-state index contributed by atoms with van der Waals surface area (Å²) in [5, 5.41) is 10.5. The van der Waals surface area contributed by atoms with E-state index in [-0.39, 0.29) is 6.54 Å². The maximum atomic E-state index is 10.5. The quantitative estimate of drug-likeness (QED) is 0.261. The van der Waals surface area contributed by atoms with E-state index in [2.05, 4.69) is 5.92 Å². The zero-order valence-corrected chi connectivity index (χ0v) is 4.64. The Morgan fingerprint density at radius 2 is 2.14 bits per heavy atom. The zero-order chi connectivity index (χ0) is 5.91. The molecule has 0 aliphatic carbocycles. The van der Waals surface area contributed by atoms with Crippen LogP contribution in [0.2, 0.25) is 0 Å². The van der Waals surface area contributed by atoms with E-state index in [0.29, 0.717) is 0 Å². The minimum absolute atomic E-state index is 0.250. The molecule has 0 heterocycles. The molecule has 0 N–H and O–H groups in total. The first kappa shape index (κ1) is 6.48. The van der Waals surface area contributed by atoms with Crippen LogP contribution < -0.4 is 0 Å². The molecule has 0 saturated carbocycles. The molecule has 2 heteroatoms. The Hall–Kier alpha value is -0.520. The predicted octanol–water partition coefficient (Wildman–Crippen LogP) is 0.194. The smallest absolute Gasteiger partial charge is 0.139 e. The van der Waals surface area contributed by atoms with Crippen LogP contribution in [0.3, 0.4) is 0 Å². The molecule has 2 nitrogen and oxygen atoms in total. The first-order chi connectivity index (χ1) is 3.06. The maximum Gasteiger partial charge on any atom is 0.139 e. The molecule has 0 aromatic rings. The van der Waals surface area contributed by atoms with Crippen LogP contribution in [0.4, 0.5) is 0 Å². The van der Waals surface area contributed by atoms with Crippen molar-refractivity contribution in [2.45, 2.75) is 0 Å². The normalized spacial score (nSPS) is 10.6. The lowest BCUT2D eigenvalue weighted by molar-refractivity contribution is -0.832. The fourth-order valence-electron chi connectivity index (χ4n) is 0.220. The zero-order valence-electron chi connectivity index (χ0n) is 4.64. The topological polar surface area (TPSA) is 23.1 Å². The summed E-state index contributed by atoms with van der Waals surface area (Å²) in [4.78, 5) is 0. The first-order valence-electron chi connectivity index (χ1n) is 2.04. The largest absolute Gasteiger partial charge is 0.632 e. The molecule has 0 aromatic carbocycles. The summed E-state index contributed by atoms with van der Waals surface area (Å²) in [5.41, 5.74) is 0. The maximum absolute atomic E-state index is 10.5. The number of hydroxylamine groups is 3. The number of nitrogens with zero attached hydrogens (tertiary/aromatic N) is 1. The summed E-state index contributed by atoms with van der Waals surface area (Å²) >= 11 is 0. The van der Waals surface area contributed by atoms with Crippen molar-refractivity contribution in [3.63, 3.8) is 0 Å². The first-order valence-corrected chi connectivity index (χ1v) is 2.04. The molecule has 0 radical (unpaired) electrons. The molecule has 0 atom stereocenters. The van der Waals surface area contributed by atoms with Crippen molar-refractivity contribution in [3.05, 3.63) is 5.21 Å². The third-order valence-corrected chi connectivity index (χ3v) is 0.472. The van der Waals surface area contributed by atoms with Gasteiger partial charge in [-0.1, -0.05) is 0 Å². The van der Waals surface area contributed by atoms with Crippen LogP contribution in [-0.4, -0.2) is 25.3 Å². The van der Waals surface area contributed by atoms with Gasteiger partial charge in [0, 0.05) is 0 Å². The van der Waals surface area contributed by atoms with Crippen molar-refractivity contribution in [1.29, 1.82) is 0 Å². The second kappa shape index (κ2) is 1.97. The standard InChI is InChI=1S/C5H9NO/c1-4-5-6(2,3)7/h1H,5H2,2-3H3. The Morgan fingerprint density at radius 3 is 2.14 bits per heavy atom. The molecule has 40 valence electrons. The van der Waals surface area contributed by atoms with Crippen molar-refractivity contribution in [3.8, 4) is 12.3 Å². The minimum atomic E-state index is -0.392. The van der Waals surface area contributed by atoms with Gasteiger partial charge >= 0.3 is 0 Å². The van der Waals surface area contributed by atoms with Gasteiger partial charge in [0.25, 0.3) is 0 Å². The lowest BCUT2D eigenvalue weighted by Gasteiger charge is -2.30. The second-order valence-corrected chi connectivity index (χ2v) is 1.94. The van der Waals surface area contributed by atoms with Crippen LogP contribution in [0.15, 0.2) is 0 Å². The van der Waals surface area contributed by atoms with Crippen molar-refractivity contribution in [2.24, 2.45) is 0 Å². The van der Waals surface area contributed by atoms with E-state index >= 15 is 0 Å². The molecule has 0 saturated heterocycles. The van der Waals surface area contributed by atoms with Gasteiger partial charge in [0.05, 0.1) is 14.1 Å². The summed E-state index contributed by atoms with van der Waals surface area (Å²) in [5.74, 6) is 2.27. The van der Waals surface area contributed by atoms with Gasteiger partial charge in [0.15, 0.2) is 0 Å². The van der Waals surface area contributed by atoms with Crippen LogP contribution in [0.5, 0.6) is 0 Å². The van der Waals surface area contributed by atoms with E-state index in [1.807, 2.05) is 0 Å². The van der Waals surface area contributed by atoms with E-state index in [1.54, 1.807) is 0 Å². The molecule has 0 spiro atoms. The van der Waals surface area contributed by atoms with Gasteiger partial charge in [0.1, 0.15) is 6.54 Å². The molecule has 0 rings (SSSR count). The van der Waals surface area contributed by atoms with Gasteiger partial charge in [0.2, 0.25) is 0 Å². The fraction of sp³-hybridized carbons (Fsp3) is 0.600. The second-order valence-electron chi connectivity index (χ2n) is 1.94. The molecule has 7 heavy (non-hydrogen) atoms. The van der Waals surface area contributed by atoms with Crippen molar-refractivity contribution in [1.82, 2.24) is 0 Å². The van der Waals surface area contributed by atoms with Gasteiger partial charge in [-0.05, 0) is 5.92 Å². The van der Waals surface area contributed by atoms with E-state index in [0.717, 1.165) is 0 Å². The van der Waals surface area contributed by atoms with Crippen molar-refractivity contribution in [2.75, 3.05) is 20.6 Å². The number of hydrogen-bond acceptors (Lipinski definition) is 1. The monoisotopic (exact) mass is 99.1 g/mol. The van der Waals surface area contributed by atoms with Crippen LogP contribution in [0, 0.1) is 17.6 Å². The van der Waals surface area contributed by atoms with Crippen LogP contribution >= 0.6 is 0 Å². The van der Waals surface area contributed by atoms with E-state index < -0.39 is 4.65 Å². The highest BCUT2D eigenvalue weighted by molar-refractivity contribution is 4.83. The Kier molecular flexibility index (Phi) is 1.82. The van der Waals surface area contributed by atoms with Crippen LogP contribution in [-0.2, 0) is 0 Å². The van der Waals surface area contributed by atoms with E-state index in [1.165, 1.54) is 14.1 Å². The minimum Gasteiger partial charge on any atom is -0.632 e. The van der Waals surface area contributed by atoms with Gasteiger partial charge in [-0.15, -0.1) is 6.42 Å².